The van der Waals surface area contributed by atoms with Gasteiger partial charge >= 0.3 is 6.18 Å². The number of alkyl halides is 3. The van der Waals surface area contributed by atoms with Gasteiger partial charge in [0.1, 0.15) is 0 Å². The Labute approximate surface area is 143 Å². The minimum atomic E-state index is -4.40. The molecule has 0 amide bonds. The van der Waals surface area contributed by atoms with Gasteiger partial charge in [-0.1, -0.05) is 18.3 Å². The lowest BCUT2D eigenvalue weighted by atomic mass is 9.89. The van der Waals surface area contributed by atoms with Crippen LogP contribution in [0.4, 0.5) is 18.3 Å². The Balaban J connectivity index is 0.00000192. The molecule has 1 aromatic rings. The summed E-state index contributed by atoms with van der Waals surface area (Å²) in [5.74, 6) is 0. The molecule has 132 valence electrons. The predicted molar refractivity (Wildman–Crippen MR) is 86.4 cm³/mol. The van der Waals surface area contributed by atoms with E-state index in [9.17, 15) is 13.2 Å². The monoisotopic (exact) mass is 371 g/mol. The molecule has 23 heavy (non-hydrogen) atoms. The zero-order valence-corrected chi connectivity index (χ0v) is 14.5. The summed E-state index contributed by atoms with van der Waals surface area (Å²) in [6.07, 6.45) is -3.22. The maximum atomic E-state index is 12.6. The molecule has 10 heteroatoms. The first-order chi connectivity index (χ1) is 10.4. The van der Waals surface area contributed by atoms with Crippen molar-refractivity contribution in [2.75, 3.05) is 50.7 Å². The number of halogens is 4. The lowest BCUT2D eigenvalue weighted by molar-refractivity contribution is -0.138. The molecular weight excluding hydrogens is 351 g/mol. The second-order valence-electron chi connectivity index (χ2n) is 6.39. The Morgan fingerprint density at radius 1 is 1.22 bits per heavy atom. The Bertz CT molecular complexity index is 510. The number of aromatic nitrogens is 2. The SMILES string of the molecule is CC1(CN2CCN(c3nnc(C(F)(F)F)s3)CC2)CCNC1.Cl. The fraction of sp³-hybridized carbons (Fsp3) is 0.846. The van der Waals surface area contributed by atoms with Gasteiger partial charge in [0.15, 0.2) is 0 Å². The van der Waals surface area contributed by atoms with Crippen molar-refractivity contribution in [3.8, 4) is 0 Å². The van der Waals surface area contributed by atoms with Crippen molar-refractivity contribution in [1.29, 1.82) is 0 Å². The Kier molecular flexibility index (Phi) is 5.76. The molecule has 0 bridgehead atoms. The number of nitrogens with zero attached hydrogens (tertiary/aromatic N) is 4. The van der Waals surface area contributed by atoms with Crippen molar-refractivity contribution in [2.45, 2.75) is 19.5 Å². The van der Waals surface area contributed by atoms with E-state index in [4.69, 9.17) is 0 Å². The number of rotatable bonds is 3. The molecule has 1 N–H and O–H groups in total. The molecule has 2 saturated heterocycles. The lowest BCUT2D eigenvalue weighted by Crippen LogP contribution is -2.49. The minimum Gasteiger partial charge on any atom is -0.344 e. The summed E-state index contributed by atoms with van der Waals surface area (Å²) in [5.41, 5.74) is 0.314. The number of piperazine rings is 1. The molecule has 0 radical (unpaired) electrons. The smallest absolute Gasteiger partial charge is 0.344 e. The highest BCUT2D eigenvalue weighted by Gasteiger charge is 2.37. The van der Waals surface area contributed by atoms with Gasteiger partial charge in [-0.05, 0) is 18.4 Å². The van der Waals surface area contributed by atoms with E-state index in [1.807, 2.05) is 4.90 Å². The molecule has 0 aliphatic carbocycles. The molecule has 1 unspecified atom stereocenters. The Hall–Kier alpha value is -0.640. The van der Waals surface area contributed by atoms with Gasteiger partial charge in [0.05, 0.1) is 0 Å². The van der Waals surface area contributed by atoms with Crippen molar-refractivity contribution >= 4 is 28.9 Å². The molecule has 2 aliphatic rings. The van der Waals surface area contributed by atoms with Gasteiger partial charge in [-0.3, -0.25) is 4.90 Å². The molecule has 0 spiro atoms. The van der Waals surface area contributed by atoms with Crippen LogP contribution in [0.2, 0.25) is 0 Å². The number of nitrogens with one attached hydrogen (secondary N) is 1. The Morgan fingerprint density at radius 3 is 2.43 bits per heavy atom. The molecular formula is C13H21ClF3N5S. The first-order valence-electron chi connectivity index (χ1n) is 7.44. The third-order valence-corrected chi connectivity index (χ3v) is 5.39. The van der Waals surface area contributed by atoms with Gasteiger partial charge < -0.3 is 10.2 Å². The maximum absolute atomic E-state index is 12.6. The van der Waals surface area contributed by atoms with Gasteiger partial charge in [0.25, 0.3) is 0 Å². The van der Waals surface area contributed by atoms with E-state index in [-0.39, 0.29) is 12.4 Å². The van der Waals surface area contributed by atoms with Crippen LogP contribution >= 0.6 is 23.7 Å². The normalized spacial score (nSPS) is 26.3. The van der Waals surface area contributed by atoms with E-state index in [2.05, 4.69) is 27.3 Å². The van der Waals surface area contributed by atoms with Gasteiger partial charge in [-0.2, -0.15) is 13.2 Å². The highest BCUT2D eigenvalue weighted by molar-refractivity contribution is 7.15. The summed E-state index contributed by atoms with van der Waals surface area (Å²) in [5, 5.41) is 9.85. The van der Waals surface area contributed by atoms with Crippen molar-refractivity contribution in [1.82, 2.24) is 20.4 Å². The topological polar surface area (TPSA) is 44.3 Å². The van der Waals surface area contributed by atoms with E-state index in [1.165, 1.54) is 6.42 Å². The molecule has 1 atom stereocenters. The van der Waals surface area contributed by atoms with Crippen LogP contribution in [0, 0.1) is 5.41 Å². The van der Waals surface area contributed by atoms with Crippen molar-refractivity contribution in [3.63, 3.8) is 0 Å². The van der Waals surface area contributed by atoms with E-state index >= 15 is 0 Å². The van der Waals surface area contributed by atoms with E-state index in [1.54, 1.807) is 0 Å². The van der Waals surface area contributed by atoms with Crippen LogP contribution in [0.5, 0.6) is 0 Å². The average Bonchev–Trinajstić information content (AvgIpc) is 3.08. The molecule has 5 nitrogen and oxygen atoms in total. The number of hydrogen-bond acceptors (Lipinski definition) is 6. The summed E-state index contributed by atoms with van der Waals surface area (Å²) in [6.45, 7) is 8.57. The summed E-state index contributed by atoms with van der Waals surface area (Å²) in [4.78, 5) is 4.30. The largest absolute Gasteiger partial charge is 0.445 e. The molecule has 1 aromatic heterocycles. The second kappa shape index (κ2) is 7.08. The van der Waals surface area contributed by atoms with Crippen LogP contribution in [0.1, 0.15) is 18.4 Å². The van der Waals surface area contributed by atoms with Crippen molar-refractivity contribution in [2.24, 2.45) is 5.41 Å². The lowest BCUT2D eigenvalue weighted by Gasteiger charge is -2.38. The van der Waals surface area contributed by atoms with Crippen molar-refractivity contribution in [3.05, 3.63) is 5.01 Å². The molecule has 3 heterocycles. The summed E-state index contributed by atoms with van der Waals surface area (Å²) >= 11 is 0.630. The highest BCUT2D eigenvalue weighted by Crippen LogP contribution is 2.34. The molecule has 0 aromatic carbocycles. The van der Waals surface area contributed by atoms with Crippen LogP contribution < -0.4 is 10.2 Å². The van der Waals surface area contributed by atoms with E-state index in [0.717, 1.165) is 32.7 Å². The first-order valence-corrected chi connectivity index (χ1v) is 8.26. The highest BCUT2D eigenvalue weighted by atomic mass is 35.5. The van der Waals surface area contributed by atoms with E-state index in [0.29, 0.717) is 35.0 Å². The zero-order chi connectivity index (χ0) is 15.8. The fourth-order valence-corrected chi connectivity index (χ4v) is 3.86. The summed E-state index contributed by atoms with van der Waals surface area (Å²) in [7, 11) is 0. The van der Waals surface area contributed by atoms with Gasteiger partial charge in [-0.25, -0.2) is 0 Å². The standard InChI is InChI=1S/C13H20F3N5S.ClH/c1-12(2-3-17-8-12)9-20-4-6-21(7-5-20)11-19-18-10(22-11)13(14,15)16;/h17H,2-9H2,1H3;1H. The summed E-state index contributed by atoms with van der Waals surface area (Å²) in [6, 6.07) is 0. The van der Waals surface area contributed by atoms with Crippen LogP contribution in [0.3, 0.4) is 0 Å². The van der Waals surface area contributed by atoms with Crippen LogP contribution in [0.15, 0.2) is 0 Å². The molecule has 2 aliphatic heterocycles. The fourth-order valence-electron chi connectivity index (χ4n) is 3.10. The van der Waals surface area contributed by atoms with Crippen LogP contribution in [-0.4, -0.2) is 60.9 Å². The molecule has 3 rings (SSSR count). The predicted octanol–water partition coefficient (Wildman–Crippen LogP) is 2.10. The number of hydrogen-bond donors (Lipinski definition) is 1. The quantitative estimate of drug-likeness (QED) is 0.881. The minimum absolute atomic E-state index is 0. The zero-order valence-electron chi connectivity index (χ0n) is 12.9. The van der Waals surface area contributed by atoms with Gasteiger partial charge in [-0.15, -0.1) is 22.6 Å². The third-order valence-electron chi connectivity index (χ3n) is 4.36. The second-order valence-corrected chi connectivity index (χ2v) is 7.34. The summed E-state index contributed by atoms with van der Waals surface area (Å²) < 4.78 is 37.7. The maximum Gasteiger partial charge on any atom is 0.445 e. The molecule has 0 saturated carbocycles. The Morgan fingerprint density at radius 2 is 1.91 bits per heavy atom. The van der Waals surface area contributed by atoms with Crippen LogP contribution in [-0.2, 0) is 6.18 Å². The number of anilines is 1. The van der Waals surface area contributed by atoms with E-state index < -0.39 is 11.2 Å². The first kappa shape index (κ1) is 18.7. The third kappa shape index (κ3) is 4.46. The van der Waals surface area contributed by atoms with Gasteiger partial charge in [0.2, 0.25) is 10.1 Å². The van der Waals surface area contributed by atoms with Gasteiger partial charge in [0, 0.05) is 39.3 Å². The average molecular weight is 372 g/mol. The molecule has 2 fully saturated rings. The van der Waals surface area contributed by atoms with Crippen LogP contribution in [0.25, 0.3) is 0 Å². The van der Waals surface area contributed by atoms with Crippen molar-refractivity contribution < 1.29 is 13.2 Å².